The number of H-pyrrole nitrogens is 1. The molecule has 8 heteroatoms. The van der Waals surface area contributed by atoms with Crippen LogP contribution in [0.3, 0.4) is 0 Å². The molecule has 24 heavy (non-hydrogen) atoms. The number of para-hydroxylation sites is 1. The molecule has 0 bridgehead atoms. The molecule has 3 rings (SSSR count). The first-order chi connectivity index (χ1) is 11.6. The van der Waals surface area contributed by atoms with Gasteiger partial charge in [0, 0.05) is 12.1 Å². The summed E-state index contributed by atoms with van der Waals surface area (Å²) in [4.78, 5) is 15.8. The molecule has 0 fully saturated rings. The van der Waals surface area contributed by atoms with E-state index in [1.807, 2.05) is 0 Å². The summed E-state index contributed by atoms with van der Waals surface area (Å²) in [6, 6.07) is 13.3. The molecule has 0 radical (unpaired) electrons. The normalized spacial score (nSPS) is 11.5. The summed E-state index contributed by atoms with van der Waals surface area (Å²) in [7, 11) is 1.54. The Bertz CT molecular complexity index is 944. The van der Waals surface area contributed by atoms with Gasteiger partial charge < -0.3 is 9.84 Å². The third-order valence-electron chi connectivity index (χ3n) is 3.25. The summed E-state index contributed by atoms with van der Waals surface area (Å²) in [6.45, 7) is 0. The van der Waals surface area contributed by atoms with Crippen molar-refractivity contribution in [3.05, 3.63) is 69.7 Å². The van der Waals surface area contributed by atoms with Crippen molar-refractivity contribution in [3.63, 3.8) is 0 Å². The Morgan fingerprint density at radius 3 is 2.62 bits per heavy atom. The van der Waals surface area contributed by atoms with E-state index in [-0.39, 0.29) is 11.4 Å². The molecule has 7 nitrogen and oxygen atoms in total. The Morgan fingerprint density at radius 2 is 1.96 bits per heavy atom. The van der Waals surface area contributed by atoms with Crippen LogP contribution in [-0.4, -0.2) is 18.3 Å². The lowest BCUT2D eigenvalue weighted by atomic mass is 10.3. The summed E-state index contributed by atoms with van der Waals surface area (Å²) in [5.74, 6) is -0.132. The highest BCUT2D eigenvalue weighted by Crippen LogP contribution is 2.23. The lowest BCUT2D eigenvalue weighted by molar-refractivity contribution is -0.673. The maximum absolute atomic E-state index is 12.4. The number of aromatic amines is 1. The highest BCUT2D eigenvalue weighted by molar-refractivity contribution is 6.33. The molecular formula is C16H12ClN3O4. The minimum atomic E-state index is -0.827. The molecule has 3 aromatic rings. The Balaban J connectivity index is 2.07. The van der Waals surface area contributed by atoms with Crippen molar-refractivity contribution in [1.29, 1.82) is 0 Å². The smallest absolute Gasteiger partial charge is 0.436 e. The summed E-state index contributed by atoms with van der Waals surface area (Å²) in [5, 5.41) is 15.1. The topological polar surface area (TPSA) is 94.5 Å². The third-order valence-corrected chi connectivity index (χ3v) is 3.57. The van der Waals surface area contributed by atoms with E-state index >= 15 is 0 Å². The molecular weight excluding hydrogens is 334 g/mol. The monoisotopic (exact) mass is 345 g/mol. The average Bonchev–Trinajstić information content (AvgIpc) is 2.98. The van der Waals surface area contributed by atoms with Crippen molar-refractivity contribution in [2.24, 2.45) is 4.99 Å². The van der Waals surface area contributed by atoms with E-state index in [2.05, 4.69) is 10.3 Å². The summed E-state index contributed by atoms with van der Waals surface area (Å²) < 4.78 is 11.0. The largest absolute Gasteiger partial charge is 0.854 e. The van der Waals surface area contributed by atoms with Crippen LogP contribution in [0.2, 0.25) is 5.02 Å². The minimum absolute atomic E-state index is 0.264. The van der Waals surface area contributed by atoms with Gasteiger partial charge in [0.25, 0.3) is 0 Å². The molecule has 0 amide bonds. The maximum Gasteiger partial charge on any atom is 0.436 e. The number of aliphatic imine (C=N–C) groups is 1. The maximum atomic E-state index is 12.4. The molecule has 122 valence electrons. The van der Waals surface area contributed by atoms with Gasteiger partial charge in [-0.3, -0.25) is 9.52 Å². The number of nitrogens with one attached hydrogen (secondary N) is 1. The number of halogens is 1. The van der Waals surface area contributed by atoms with Crippen LogP contribution in [-0.2, 0) is 0 Å². The number of rotatable bonds is 4. The third kappa shape index (κ3) is 3.02. The molecule has 0 saturated carbocycles. The predicted molar refractivity (Wildman–Crippen MR) is 85.1 cm³/mol. The molecule has 0 aliphatic rings. The lowest BCUT2D eigenvalue weighted by Crippen LogP contribution is -2.44. The molecule has 0 atom stereocenters. The van der Waals surface area contributed by atoms with Crippen molar-refractivity contribution < 1.29 is 19.0 Å². The van der Waals surface area contributed by atoms with Crippen molar-refractivity contribution >= 4 is 23.2 Å². The number of nitrogens with zero attached hydrogens (tertiary/aromatic N) is 2. The van der Waals surface area contributed by atoms with Gasteiger partial charge in [-0.1, -0.05) is 23.7 Å². The first kappa shape index (κ1) is 15.8. The molecule has 1 heterocycles. The molecule has 0 saturated heterocycles. The van der Waals surface area contributed by atoms with Crippen molar-refractivity contribution in [1.82, 2.24) is 5.27 Å². The fourth-order valence-electron chi connectivity index (χ4n) is 2.07. The number of hydrogen-bond donors (Lipinski definition) is 1. The second-order valence-corrected chi connectivity index (χ2v) is 5.14. The summed E-state index contributed by atoms with van der Waals surface area (Å²) >= 11 is 5.98. The van der Waals surface area contributed by atoms with Crippen LogP contribution in [0.4, 0.5) is 5.69 Å². The van der Waals surface area contributed by atoms with Gasteiger partial charge in [-0.15, -0.1) is 0 Å². The zero-order valence-electron chi connectivity index (χ0n) is 12.5. The number of aromatic nitrogens is 2. The van der Waals surface area contributed by atoms with Crippen molar-refractivity contribution in [3.8, 4) is 11.4 Å². The van der Waals surface area contributed by atoms with Gasteiger partial charge in [0.15, 0.2) is 0 Å². The minimum Gasteiger partial charge on any atom is -0.854 e. The van der Waals surface area contributed by atoms with Crippen LogP contribution in [0, 0.1) is 0 Å². The van der Waals surface area contributed by atoms with Crippen LogP contribution < -0.4 is 20.2 Å². The predicted octanol–water partition coefficient (Wildman–Crippen LogP) is 1.35. The molecule has 0 spiro atoms. The zero-order valence-corrected chi connectivity index (χ0v) is 13.3. The van der Waals surface area contributed by atoms with Gasteiger partial charge in [0.2, 0.25) is 5.69 Å². The van der Waals surface area contributed by atoms with Crippen LogP contribution >= 0.6 is 11.6 Å². The fourth-order valence-corrected chi connectivity index (χ4v) is 2.25. The van der Waals surface area contributed by atoms with E-state index in [0.717, 1.165) is 0 Å². The van der Waals surface area contributed by atoms with E-state index < -0.39 is 11.5 Å². The quantitative estimate of drug-likeness (QED) is 0.438. The second-order valence-electron chi connectivity index (χ2n) is 4.73. The van der Waals surface area contributed by atoms with Gasteiger partial charge in [-0.05, 0) is 34.2 Å². The number of methoxy groups -OCH3 is 1. The highest BCUT2D eigenvalue weighted by atomic mass is 35.5. The molecule has 0 aliphatic heterocycles. The van der Waals surface area contributed by atoms with E-state index in [0.29, 0.717) is 16.5 Å². The average molecular weight is 346 g/mol. The van der Waals surface area contributed by atoms with Crippen LogP contribution in [0.25, 0.3) is 5.69 Å². The molecule has 1 aromatic heterocycles. The molecule has 1 N–H and O–H groups in total. The molecule has 2 aromatic carbocycles. The zero-order chi connectivity index (χ0) is 17.1. The second kappa shape index (κ2) is 6.59. The van der Waals surface area contributed by atoms with Crippen molar-refractivity contribution in [2.75, 3.05) is 7.11 Å². The van der Waals surface area contributed by atoms with Gasteiger partial charge in [0.05, 0.1) is 23.7 Å². The van der Waals surface area contributed by atoms with Gasteiger partial charge in [-0.2, -0.15) is 0 Å². The van der Waals surface area contributed by atoms with Gasteiger partial charge in [-0.25, -0.2) is 4.79 Å². The number of hydrogen-bond acceptors (Lipinski definition) is 5. The number of ether oxygens (including phenoxy) is 1. The summed E-state index contributed by atoms with van der Waals surface area (Å²) in [6.07, 6.45) is 0. The highest BCUT2D eigenvalue weighted by Gasteiger charge is 2.24. The Kier molecular flexibility index (Phi) is 4.35. The SMILES string of the molecule is COc1ccc(-[n+]2[nH]oc(=O)c2C([O-])=Nc2ccccc2Cl)cc1. The first-order valence-electron chi connectivity index (χ1n) is 6.88. The van der Waals surface area contributed by atoms with Crippen LogP contribution in [0.5, 0.6) is 5.75 Å². The number of benzene rings is 2. The van der Waals surface area contributed by atoms with E-state index in [9.17, 15) is 9.90 Å². The van der Waals surface area contributed by atoms with Crippen LogP contribution in [0.1, 0.15) is 5.69 Å². The van der Waals surface area contributed by atoms with E-state index in [1.165, 1.54) is 4.68 Å². The van der Waals surface area contributed by atoms with Gasteiger partial charge in [0.1, 0.15) is 5.75 Å². The van der Waals surface area contributed by atoms with Crippen LogP contribution in [0.15, 0.2) is 62.8 Å². The molecule has 0 aliphatic carbocycles. The Hall–Kier alpha value is -3.06. The first-order valence-corrected chi connectivity index (χ1v) is 7.26. The molecule has 0 unspecified atom stereocenters. The summed E-state index contributed by atoms with van der Waals surface area (Å²) in [5.41, 5.74) is -0.308. The van der Waals surface area contributed by atoms with E-state index in [1.54, 1.807) is 55.6 Å². The standard InChI is InChI=1S/C16H12ClN3O4/c1-23-11-8-6-10(7-9-11)20-14(16(22)24-19-20)15(21)18-13-5-3-2-4-12(13)17/h2-9H,1H3,(H-,18,19,21,22). The van der Waals surface area contributed by atoms with Crippen molar-refractivity contribution in [2.45, 2.75) is 0 Å². The van der Waals surface area contributed by atoms with E-state index in [4.69, 9.17) is 20.9 Å². The van der Waals surface area contributed by atoms with Gasteiger partial charge >= 0.3 is 11.3 Å². The lowest BCUT2D eigenvalue weighted by Gasteiger charge is -2.05. The Labute approximate surface area is 141 Å². The Morgan fingerprint density at radius 1 is 1.25 bits per heavy atom. The fraction of sp³-hybridized carbons (Fsp3) is 0.0625.